The van der Waals surface area contributed by atoms with Crippen LogP contribution < -0.4 is 5.73 Å². The minimum atomic E-state index is -0.810. The molecule has 0 fully saturated rings. The molecular formula is C11H14ClN5OS. The van der Waals surface area contributed by atoms with Gasteiger partial charge in [0.15, 0.2) is 5.82 Å². The summed E-state index contributed by atoms with van der Waals surface area (Å²) in [6, 6.07) is 5.20. The van der Waals surface area contributed by atoms with Crippen molar-refractivity contribution in [2.75, 3.05) is 17.7 Å². The quantitative estimate of drug-likeness (QED) is 0.842. The van der Waals surface area contributed by atoms with Crippen LogP contribution in [0.15, 0.2) is 18.2 Å². The van der Waals surface area contributed by atoms with Crippen LogP contribution in [0.3, 0.4) is 0 Å². The standard InChI is InChI=1S/C11H14ClN5OS/c1-19(18)6-2-5-17-11(14-15-16-17)9-4-3-8(13)7-10(9)12/h3-4,7H,2,5-6,13H2,1H3. The summed E-state index contributed by atoms with van der Waals surface area (Å²) in [4.78, 5) is 0. The first-order chi connectivity index (χ1) is 9.08. The molecule has 2 rings (SSSR count). The Morgan fingerprint density at radius 2 is 2.26 bits per heavy atom. The zero-order valence-electron chi connectivity index (χ0n) is 10.4. The largest absolute Gasteiger partial charge is 0.399 e. The average molecular weight is 300 g/mol. The van der Waals surface area contributed by atoms with Crippen molar-refractivity contribution >= 4 is 28.1 Å². The van der Waals surface area contributed by atoms with Crippen molar-refractivity contribution in [3.8, 4) is 11.4 Å². The maximum atomic E-state index is 11.0. The molecule has 0 bridgehead atoms. The smallest absolute Gasteiger partial charge is 0.183 e. The van der Waals surface area contributed by atoms with E-state index in [0.717, 1.165) is 12.0 Å². The zero-order chi connectivity index (χ0) is 13.8. The normalized spacial score (nSPS) is 12.5. The van der Waals surface area contributed by atoms with Gasteiger partial charge in [-0.05, 0) is 35.0 Å². The van der Waals surface area contributed by atoms with E-state index in [-0.39, 0.29) is 0 Å². The number of rotatable bonds is 5. The van der Waals surface area contributed by atoms with Crippen molar-refractivity contribution in [2.24, 2.45) is 0 Å². The summed E-state index contributed by atoms with van der Waals surface area (Å²) in [5, 5.41) is 12.1. The van der Waals surface area contributed by atoms with E-state index in [1.54, 1.807) is 29.1 Å². The lowest BCUT2D eigenvalue weighted by Gasteiger charge is -2.06. The van der Waals surface area contributed by atoms with Gasteiger partial charge in [0.2, 0.25) is 0 Å². The summed E-state index contributed by atoms with van der Waals surface area (Å²) in [5.41, 5.74) is 6.98. The lowest BCUT2D eigenvalue weighted by Crippen LogP contribution is -2.06. The third kappa shape index (κ3) is 3.51. The molecule has 6 nitrogen and oxygen atoms in total. The second-order valence-corrected chi connectivity index (χ2v) is 6.06. The molecule has 0 amide bonds. The van der Waals surface area contributed by atoms with Gasteiger partial charge in [-0.3, -0.25) is 4.21 Å². The summed E-state index contributed by atoms with van der Waals surface area (Å²) in [7, 11) is -0.810. The molecule has 0 saturated carbocycles. The number of nitrogens with zero attached hydrogens (tertiary/aromatic N) is 4. The van der Waals surface area contributed by atoms with Crippen LogP contribution in [0.2, 0.25) is 5.02 Å². The van der Waals surface area contributed by atoms with Gasteiger partial charge in [0.05, 0.1) is 5.02 Å². The molecule has 19 heavy (non-hydrogen) atoms. The van der Waals surface area contributed by atoms with E-state index in [1.807, 2.05) is 0 Å². The van der Waals surface area contributed by atoms with E-state index in [0.29, 0.717) is 28.8 Å². The molecular weight excluding hydrogens is 286 g/mol. The van der Waals surface area contributed by atoms with Crippen LogP contribution in [0.4, 0.5) is 5.69 Å². The van der Waals surface area contributed by atoms with Gasteiger partial charge in [-0.25, -0.2) is 4.68 Å². The monoisotopic (exact) mass is 299 g/mol. The van der Waals surface area contributed by atoms with E-state index in [4.69, 9.17) is 17.3 Å². The number of hydrogen-bond acceptors (Lipinski definition) is 5. The first kappa shape index (κ1) is 14.0. The van der Waals surface area contributed by atoms with Gasteiger partial charge in [-0.1, -0.05) is 11.6 Å². The maximum Gasteiger partial charge on any atom is 0.183 e. The molecule has 0 aliphatic heterocycles. The third-order valence-corrected chi connectivity index (χ3v) is 3.74. The number of tetrazole rings is 1. The van der Waals surface area contributed by atoms with Gasteiger partial charge in [0.1, 0.15) is 0 Å². The fourth-order valence-electron chi connectivity index (χ4n) is 1.68. The van der Waals surface area contributed by atoms with Crippen LogP contribution in [0, 0.1) is 0 Å². The Morgan fingerprint density at radius 3 is 2.95 bits per heavy atom. The zero-order valence-corrected chi connectivity index (χ0v) is 12.0. The van der Waals surface area contributed by atoms with Crippen LogP contribution in [-0.2, 0) is 17.3 Å². The molecule has 0 aliphatic rings. The highest BCUT2D eigenvalue weighted by Crippen LogP contribution is 2.27. The fraction of sp³-hybridized carbons (Fsp3) is 0.364. The minimum Gasteiger partial charge on any atom is -0.399 e. The van der Waals surface area contributed by atoms with Gasteiger partial charge in [0, 0.05) is 40.6 Å². The van der Waals surface area contributed by atoms with Crippen molar-refractivity contribution in [2.45, 2.75) is 13.0 Å². The second kappa shape index (κ2) is 6.12. The summed E-state index contributed by atoms with van der Waals surface area (Å²) in [6.45, 7) is 0.600. The Bertz CT molecular complexity index is 601. The Kier molecular flexibility index (Phi) is 4.49. The third-order valence-electron chi connectivity index (χ3n) is 2.57. The number of aryl methyl sites for hydroxylation is 1. The first-order valence-electron chi connectivity index (χ1n) is 5.69. The Hall–Kier alpha value is -1.47. The van der Waals surface area contributed by atoms with Crippen molar-refractivity contribution < 1.29 is 4.21 Å². The van der Waals surface area contributed by atoms with Gasteiger partial charge in [-0.2, -0.15) is 0 Å². The molecule has 1 heterocycles. The number of aromatic nitrogens is 4. The number of nitrogen functional groups attached to an aromatic ring is 1. The van der Waals surface area contributed by atoms with Crippen molar-refractivity contribution in [3.05, 3.63) is 23.2 Å². The van der Waals surface area contributed by atoms with Crippen LogP contribution in [-0.4, -0.2) is 36.4 Å². The molecule has 1 aromatic heterocycles. The van der Waals surface area contributed by atoms with Gasteiger partial charge in [0.25, 0.3) is 0 Å². The molecule has 0 radical (unpaired) electrons. The molecule has 1 unspecified atom stereocenters. The highest BCUT2D eigenvalue weighted by Gasteiger charge is 2.12. The molecule has 0 aliphatic carbocycles. The van der Waals surface area contributed by atoms with E-state index < -0.39 is 10.8 Å². The van der Waals surface area contributed by atoms with Gasteiger partial charge >= 0.3 is 0 Å². The molecule has 2 N–H and O–H groups in total. The van der Waals surface area contributed by atoms with Crippen LogP contribution in [0.1, 0.15) is 6.42 Å². The summed E-state index contributed by atoms with van der Waals surface area (Å²) in [5.74, 6) is 1.21. The number of nitrogens with two attached hydrogens (primary N) is 1. The molecule has 8 heteroatoms. The Morgan fingerprint density at radius 1 is 1.47 bits per heavy atom. The summed E-state index contributed by atoms with van der Waals surface area (Å²) < 4.78 is 12.7. The van der Waals surface area contributed by atoms with Crippen molar-refractivity contribution in [1.29, 1.82) is 0 Å². The number of hydrogen-bond donors (Lipinski definition) is 1. The van der Waals surface area contributed by atoms with Gasteiger partial charge in [-0.15, -0.1) is 5.10 Å². The molecule has 0 saturated heterocycles. The predicted molar refractivity (Wildman–Crippen MR) is 76.2 cm³/mol. The van der Waals surface area contributed by atoms with E-state index in [9.17, 15) is 4.21 Å². The number of halogens is 1. The average Bonchev–Trinajstić information content (AvgIpc) is 2.77. The van der Waals surface area contributed by atoms with Crippen molar-refractivity contribution in [1.82, 2.24) is 20.2 Å². The fourth-order valence-corrected chi connectivity index (χ4v) is 2.49. The Labute approximate surface area is 118 Å². The van der Waals surface area contributed by atoms with Crippen LogP contribution in [0.5, 0.6) is 0 Å². The SMILES string of the molecule is CS(=O)CCCn1nnnc1-c1ccc(N)cc1Cl. The topological polar surface area (TPSA) is 86.7 Å². The maximum absolute atomic E-state index is 11.0. The number of benzene rings is 1. The highest BCUT2D eigenvalue weighted by molar-refractivity contribution is 7.84. The molecule has 1 atom stereocenters. The summed E-state index contributed by atoms with van der Waals surface area (Å²) >= 11 is 6.14. The molecule has 1 aromatic carbocycles. The van der Waals surface area contributed by atoms with Crippen LogP contribution in [0.25, 0.3) is 11.4 Å². The lowest BCUT2D eigenvalue weighted by atomic mass is 10.2. The van der Waals surface area contributed by atoms with E-state index >= 15 is 0 Å². The first-order valence-corrected chi connectivity index (χ1v) is 7.80. The summed E-state index contributed by atoms with van der Waals surface area (Å²) in [6.07, 6.45) is 2.42. The lowest BCUT2D eigenvalue weighted by molar-refractivity contribution is 0.583. The minimum absolute atomic E-state index is 0.509. The van der Waals surface area contributed by atoms with Crippen LogP contribution >= 0.6 is 11.6 Å². The predicted octanol–water partition coefficient (Wildman–Crippen LogP) is 1.34. The van der Waals surface area contributed by atoms with Gasteiger partial charge < -0.3 is 5.73 Å². The molecule has 102 valence electrons. The number of anilines is 1. The highest BCUT2D eigenvalue weighted by atomic mass is 35.5. The van der Waals surface area contributed by atoms with Crippen molar-refractivity contribution in [3.63, 3.8) is 0 Å². The van der Waals surface area contributed by atoms with E-state index in [2.05, 4.69) is 15.5 Å². The second-order valence-electron chi connectivity index (χ2n) is 4.10. The Balaban J connectivity index is 2.21. The molecule has 0 spiro atoms. The molecule has 2 aromatic rings. The van der Waals surface area contributed by atoms with E-state index in [1.165, 1.54) is 0 Å².